The number of aromatic carboxylic acids is 1. The molecule has 0 bridgehead atoms. The summed E-state index contributed by atoms with van der Waals surface area (Å²) >= 11 is 2.06. The molecule has 0 unspecified atom stereocenters. The van der Waals surface area contributed by atoms with Gasteiger partial charge in [0, 0.05) is 13.1 Å². The van der Waals surface area contributed by atoms with E-state index in [1.807, 2.05) is 13.8 Å². The molecule has 0 aromatic heterocycles. The van der Waals surface area contributed by atoms with Crippen LogP contribution in [0.5, 0.6) is 5.75 Å². The number of amides is 1. The van der Waals surface area contributed by atoms with Crippen molar-refractivity contribution in [3.05, 3.63) is 27.3 Å². The molecule has 0 heterocycles. The average molecular weight is 405 g/mol. The lowest BCUT2D eigenvalue weighted by molar-refractivity contribution is -0.133. The van der Waals surface area contributed by atoms with E-state index >= 15 is 0 Å². The van der Waals surface area contributed by atoms with Gasteiger partial charge >= 0.3 is 5.97 Å². The van der Waals surface area contributed by atoms with Gasteiger partial charge in [0.15, 0.2) is 6.61 Å². The van der Waals surface area contributed by atoms with Crippen molar-refractivity contribution >= 4 is 34.5 Å². The minimum absolute atomic E-state index is 0.0704. The fraction of sp³-hybridized carbons (Fsp3) is 0.467. The number of carboxylic acid groups (broad SMARTS) is 1. The Bertz CT molecular complexity index is 498. The highest BCUT2D eigenvalue weighted by Gasteiger charge is 2.14. The van der Waals surface area contributed by atoms with Gasteiger partial charge in [0.1, 0.15) is 5.75 Å². The molecule has 0 saturated carbocycles. The number of hydrogen-bond donors (Lipinski definition) is 1. The van der Waals surface area contributed by atoms with Crippen molar-refractivity contribution in [2.75, 3.05) is 19.7 Å². The van der Waals surface area contributed by atoms with E-state index in [4.69, 9.17) is 9.84 Å². The Labute approximate surface area is 138 Å². The Morgan fingerprint density at radius 1 is 1.24 bits per heavy atom. The first-order valence-electron chi connectivity index (χ1n) is 6.93. The minimum Gasteiger partial charge on any atom is -0.483 e. The second-order valence-electron chi connectivity index (χ2n) is 4.62. The second kappa shape index (κ2) is 8.86. The van der Waals surface area contributed by atoms with E-state index in [1.165, 1.54) is 12.1 Å². The summed E-state index contributed by atoms with van der Waals surface area (Å²) in [5.74, 6) is -0.659. The summed E-state index contributed by atoms with van der Waals surface area (Å²) < 4.78 is 6.28. The van der Waals surface area contributed by atoms with Gasteiger partial charge in [-0.1, -0.05) is 13.8 Å². The number of nitrogens with zero attached hydrogens (tertiary/aromatic N) is 1. The topological polar surface area (TPSA) is 66.8 Å². The molecule has 6 heteroatoms. The number of carbonyl (C=O) groups excluding carboxylic acids is 1. The van der Waals surface area contributed by atoms with Crippen LogP contribution in [0.25, 0.3) is 0 Å². The predicted molar refractivity (Wildman–Crippen MR) is 88.8 cm³/mol. The number of rotatable bonds is 8. The summed E-state index contributed by atoms with van der Waals surface area (Å²) in [6, 6.07) is 4.63. The van der Waals surface area contributed by atoms with Gasteiger partial charge in [0.2, 0.25) is 0 Å². The van der Waals surface area contributed by atoms with Gasteiger partial charge < -0.3 is 14.7 Å². The second-order valence-corrected chi connectivity index (χ2v) is 5.78. The first kappa shape index (κ1) is 17.7. The van der Waals surface area contributed by atoms with E-state index in [1.54, 1.807) is 11.0 Å². The third kappa shape index (κ3) is 5.53. The van der Waals surface area contributed by atoms with Crippen LogP contribution in [0, 0.1) is 3.57 Å². The molecule has 0 radical (unpaired) electrons. The van der Waals surface area contributed by atoms with Gasteiger partial charge in [0.05, 0.1) is 9.13 Å². The summed E-state index contributed by atoms with van der Waals surface area (Å²) in [4.78, 5) is 24.8. The van der Waals surface area contributed by atoms with Gasteiger partial charge in [-0.2, -0.15) is 0 Å². The molecule has 21 heavy (non-hydrogen) atoms. The number of carboxylic acids is 1. The van der Waals surface area contributed by atoms with Crippen molar-refractivity contribution < 1.29 is 19.4 Å². The van der Waals surface area contributed by atoms with E-state index < -0.39 is 5.97 Å². The number of benzene rings is 1. The van der Waals surface area contributed by atoms with Crippen molar-refractivity contribution in [3.8, 4) is 5.75 Å². The van der Waals surface area contributed by atoms with Crippen LogP contribution in [0.3, 0.4) is 0 Å². The summed E-state index contributed by atoms with van der Waals surface area (Å²) in [6.07, 6.45) is 1.80. The molecule has 1 aromatic rings. The van der Waals surface area contributed by atoms with E-state index in [0.717, 1.165) is 16.4 Å². The molecule has 116 valence electrons. The molecule has 1 N–H and O–H groups in total. The fourth-order valence-corrected chi connectivity index (χ4v) is 2.37. The molecule has 0 aliphatic heterocycles. The number of hydrogen-bond acceptors (Lipinski definition) is 3. The standard InChI is InChI=1S/C15H20INO4/c1-3-7-17(8-4-2)14(18)10-21-13-9-11(15(19)20)5-6-12(13)16/h5-6,9H,3-4,7-8,10H2,1-2H3,(H,19,20). The van der Waals surface area contributed by atoms with Crippen molar-refractivity contribution in [1.29, 1.82) is 0 Å². The highest BCUT2D eigenvalue weighted by Crippen LogP contribution is 2.22. The minimum atomic E-state index is -1.01. The quantitative estimate of drug-likeness (QED) is 0.676. The maximum atomic E-state index is 12.1. The lowest BCUT2D eigenvalue weighted by Gasteiger charge is -2.21. The summed E-state index contributed by atoms with van der Waals surface area (Å²) in [6.45, 7) is 5.40. The lowest BCUT2D eigenvalue weighted by Crippen LogP contribution is -2.36. The van der Waals surface area contributed by atoms with E-state index in [0.29, 0.717) is 18.8 Å². The zero-order valence-electron chi connectivity index (χ0n) is 12.3. The van der Waals surface area contributed by atoms with Crippen LogP contribution in [0.2, 0.25) is 0 Å². The maximum absolute atomic E-state index is 12.1. The van der Waals surface area contributed by atoms with Crippen LogP contribution >= 0.6 is 22.6 Å². The van der Waals surface area contributed by atoms with Gasteiger partial charge in [-0.15, -0.1) is 0 Å². The molecule has 5 nitrogen and oxygen atoms in total. The molecule has 0 atom stereocenters. The van der Waals surface area contributed by atoms with Crippen LogP contribution in [-0.4, -0.2) is 41.6 Å². The Morgan fingerprint density at radius 2 is 1.86 bits per heavy atom. The maximum Gasteiger partial charge on any atom is 0.335 e. The first-order valence-corrected chi connectivity index (χ1v) is 8.00. The van der Waals surface area contributed by atoms with E-state index in [2.05, 4.69) is 22.6 Å². The Balaban J connectivity index is 2.71. The number of ether oxygens (including phenoxy) is 1. The zero-order chi connectivity index (χ0) is 15.8. The molecule has 1 rings (SSSR count). The molecule has 0 aliphatic rings. The summed E-state index contributed by atoms with van der Waals surface area (Å²) in [5.41, 5.74) is 0.150. The largest absolute Gasteiger partial charge is 0.483 e. The molecule has 0 fully saturated rings. The van der Waals surface area contributed by atoms with Crippen LogP contribution in [0.15, 0.2) is 18.2 Å². The number of carbonyl (C=O) groups is 2. The van der Waals surface area contributed by atoms with Crippen molar-refractivity contribution in [3.63, 3.8) is 0 Å². The normalized spacial score (nSPS) is 10.2. The van der Waals surface area contributed by atoms with Crippen LogP contribution < -0.4 is 4.74 Å². The average Bonchev–Trinajstić information content (AvgIpc) is 2.45. The molecular weight excluding hydrogens is 385 g/mol. The smallest absolute Gasteiger partial charge is 0.335 e. The SMILES string of the molecule is CCCN(CCC)C(=O)COc1cc(C(=O)O)ccc1I. The third-order valence-electron chi connectivity index (χ3n) is 2.87. The van der Waals surface area contributed by atoms with Gasteiger partial charge in [-0.05, 0) is 53.6 Å². The van der Waals surface area contributed by atoms with Crippen molar-refractivity contribution in [2.45, 2.75) is 26.7 Å². The van der Waals surface area contributed by atoms with Gasteiger partial charge in [0.25, 0.3) is 5.91 Å². The molecule has 1 amide bonds. The summed E-state index contributed by atoms with van der Waals surface area (Å²) in [7, 11) is 0. The molecule has 0 aliphatic carbocycles. The van der Waals surface area contributed by atoms with E-state index in [-0.39, 0.29) is 18.1 Å². The van der Waals surface area contributed by atoms with Crippen molar-refractivity contribution in [1.82, 2.24) is 4.90 Å². The monoisotopic (exact) mass is 405 g/mol. The Hall–Kier alpha value is -1.31. The van der Waals surface area contributed by atoms with Gasteiger partial charge in [-0.3, -0.25) is 4.79 Å². The van der Waals surface area contributed by atoms with Crippen LogP contribution in [0.4, 0.5) is 0 Å². The molecule has 1 aromatic carbocycles. The lowest BCUT2D eigenvalue weighted by atomic mass is 10.2. The molecular formula is C15H20INO4. The molecule has 0 spiro atoms. The van der Waals surface area contributed by atoms with Crippen LogP contribution in [-0.2, 0) is 4.79 Å². The first-order chi connectivity index (χ1) is 9.99. The predicted octanol–water partition coefficient (Wildman–Crippen LogP) is 3.02. The highest BCUT2D eigenvalue weighted by molar-refractivity contribution is 14.1. The Kier molecular flexibility index (Phi) is 7.49. The number of halogens is 1. The fourth-order valence-electron chi connectivity index (χ4n) is 1.88. The highest BCUT2D eigenvalue weighted by atomic mass is 127. The Morgan fingerprint density at radius 3 is 2.38 bits per heavy atom. The third-order valence-corrected chi connectivity index (χ3v) is 3.76. The van der Waals surface area contributed by atoms with Crippen LogP contribution in [0.1, 0.15) is 37.0 Å². The van der Waals surface area contributed by atoms with Gasteiger partial charge in [-0.25, -0.2) is 4.79 Å². The summed E-state index contributed by atoms with van der Waals surface area (Å²) in [5, 5.41) is 8.97. The van der Waals surface area contributed by atoms with Crippen molar-refractivity contribution in [2.24, 2.45) is 0 Å². The molecule has 0 saturated heterocycles. The zero-order valence-corrected chi connectivity index (χ0v) is 14.4. The van der Waals surface area contributed by atoms with E-state index in [9.17, 15) is 9.59 Å².